The molecule has 0 saturated carbocycles. The second-order valence-electron chi connectivity index (χ2n) is 4.25. The minimum absolute atomic E-state index is 0.0551. The van der Waals surface area contributed by atoms with Gasteiger partial charge in [0.2, 0.25) is 0 Å². The van der Waals surface area contributed by atoms with Crippen molar-refractivity contribution >= 4 is 5.69 Å². The van der Waals surface area contributed by atoms with E-state index in [1.807, 2.05) is 19.9 Å². The molecule has 0 aliphatic rings. The molecule has 0 bridgehead atoms. The predicted octanol–water partition coefficient (Wildman–Crippen LogP) is 2.99. The molecule has 0 saturated heterocycles. The van der Waals surface area contributed by atoms with Crippen LogP contribution in [0.15, 0.2) is 29.8 Å². The van der Waals surface area contributed by atoms with Crippen molar-refractivity contribution in [1.29, 1.82) is 0 Å². The maximum absolute atomic E-state index is 10.7. The van der Waals surface area contributed by atoms with Crippen molar-refractivity contribution in [2.45, 2.75) is 26.9 Å². The Bertz CT molecular complexity index is 462. The Morgan fingerprint density at radius 2 is 2.22 bits per heavy atom. The van der Waals surface area contributed by atoms with Gasteiger partial charge in [-0.15, -0.1) is 0 Å². The van der Waals surface area contributed by atoms with Gasteiger partial charge in [0.1, 0.15) is 12.4 Å². The number of benzene rings is 1. The summed E-state index contributed by atoms with van der Waals surface area (Å²) in [5.41, 5.74) is 1.49. The van der Waals surface area contributed by atoms with E-state index in [1.54, 1.807) is 6.92 Å². The summed E-state index contributed by atoms with van der Waals surface area (Å²) in [5.74, 6) is 0.466. The molecule has 0 spiro atoms. The fraction of sp³-hybridized carbons (Fsp3) is 0.385. The molecule has 0 amide bonds. The van der Waals surface area contributed by atoms with Gasteiger partial charge in [-0.25, -0.2) is 0 Å². The standard InChI is InChI=1S/C13H17NO4/c1-9(2)6-7-18-13-5-4-11(14(16)17)8-12(13)10(3)15/h4-6,8,10,15H,7H2,1-3H3/t10-/m0/s1. The van der Waals surface area contributed by atoms with Crippen molar-refractivity contribution < 1.29 is 14.8 Å². The van der Waals surface area contributed by atoms with Crippen LogP contribution < -0.4 is 4.74 Å². The monoisotopic (exact) mass is 251 g/mol. The molecule has 98 valence electrons. The van der Waals surface area contributed by atoms with Crippen molar-refractivity contribution in [3.05, 3.63) is 45.5 Å². The number of nitrogens with zero attached hydrogens (tertiary/aromatic N) is 1. The zero-order chi connectivity index (χ0) is 13.7. The Hall–Kier alpha value is -1.88. The van der Waals surface area contributed by atoms with Crippen LogP contribution in [0.5, 0.6) is 5.75 Å². The smallest absolute Gasteiger partial charge is 0.270 e. The number of rotatable bonds is 5. The highest BCUT2D eigenvalue weighted by molar-refractivity contribution is 5.44. The minimum Gasteiger partial charge on any atom is -0.489 e. The first-order chi connectivity index (χ1) is 8.41. The largest absolute Gasteiger partial charge is 0.489 e. The second kappa shape index (κ2) is 6.16. The molecule has 0 radical (unpaired) electrons. The molecule has 1 aromatic carbocycles. The Morgan fingerprint density at radius 1 is 1.56 bits per heavy atom. The zero-order valence-corrected chi connectivity index (χ0v) is 10.7. The lowest BCUT2D eigenvalue weighted by Crippen LogP contribution is -2.02. The van der Waals surface area contributed by atoms with E-state index in [-0.39, 0.29) is 5.69 Å². The Balaban J connectivity index is 2.97. The van der Waals surface area contributed by atoms with Gasteiger partial charge >= 0.3 is 0 Å². The van der Waals surface area contributed by atoms with E-state index in [4.69, 9.17) is 4.74 Å². The van der Waals surface area contributed by atoms with E-state index >= 15 is 0 Å². The first kappa shape index (κ1) is 14.2. The van der Waals surface area contributed by atoms with Crippen LogP contribution in [-0.4, -0.2) is 16.6 Å². The molecular formula is C13H17NO4. The molecular weight excluding hydrogens is 234 g/mol. The molecule has 1 N–H and O–H groups in total. The number of ether oxygens (including phenoxy) is 1. The molecule has 1 aromatic rings. The Morgan fingerprint density at radius 3 is 2.72 bits per heavy atom. The number of non-ortho nitro benzene ring substituents is 1. The summed E-state index contributed by atoms with van der Waals surface area (Å²) in [4.78, 5) is 10.2. The molecule has 18 heavy (non-hydrogen) atoms. The highest BCUT2D eigenvalue weighted by Crippen LogP contribution is 2.29. The summed E-state index contributed by atoms with van der Waals surface area (Å²) in [5, 5.41) is 20.3. The quantitative estimate of drug-likeness (QED) is 0.496. The van der Waals surface area contributed by atoms with Gasteiger partial charge in [0.05, 0.1) is 11.0 Å². The van der Waals surface area contributed by atoms with Gasteiger partial charge in [-0.1, -0.05) is 5.57 Å². The lowest BCUT2D eigenvalue weighted by Gasteiger charge is -2.12. The molecule has 0 heterocycles. The number of aliphatic hydroxyl groups is 1. The van der Waals surface area contributed by atoms with Crippen molar-refractivity contribution in [3.63, 3.8) is 0 Å². The van der Waals surface area contributed by atoms with Crippen molar-refractivity contribution in [2.24, 2.45) is 0 Å². The third-order valence-corrected chi connectivity index (χ3v) is 2.38. The Labute approximate surface area is 106 Å². The average molecular weight is 251 g/mol. The second-order valence-corrected chi connectivity index (χ2v) is 4.25. The fourth-order valence-corrected chi connectivity index (χ4v) is 1.41. The maximum Gasteiger partial charge on any atom is 0.270 e. The molecule has 0 aromatic heterocycles. The van der Waals surface area contributed by atoms with Crippen LogP contribution >= 0.6 is 0 Å². The van der Waals surface area contributed by atoms with Gasteiger partial charge in [-0.3, -0.25) is 10.1 Å². The predicted molar refractivity (Wildman–Crippen MR) is 68.7 cm³/mol. The van der Waals surface area contributed by atoms with Gasteiger partial charge < -0.3 is 9.84 Å². The van der Waals surface area contributed by atoms with Crippen LogP contribution in [0.4, 0.5) is 5.69 Å². The van der Waals surface area contributed by atoms with Crippen molar-refractivity contribution in [3.8, 4) is 5.75 Å². The molecule has 1 rings (SSSR count). The van der Waals surface area contributed by atoms with Gasteiger partial charge in [-0.2, -0.15) is 0 Å². The third-order valence-electron chi connectivity index (χ3n) is 2.38. The number of nitro groups is 1. The SMILES string of the molecule is CC(C)=CCOc1ccc([N+](=O)[O-])cc1[C@H](C)O. The highest BCUT2D eigenvalue weighted by Gasteiger charge is 2.15. The topological polar surface area (TPSA) is 72.6 Å². The highest BCUT2D eigenvalue weighted by atomic mass is 16.6. The van der Waals surface area contributed by atoms with Gasteiger partial charge in [0, 0.05) is 17.7 Å². The molecule has 0 aliphatic heterocycles. The van der Waals surface area contributed by atoms with E-state index < -0.39 is 11.0 Å². The number of nitro benzene ring substituents is 1. The number of aliphatic hydroxyl groups excluding tert-OH is 1. The normalized spacial score (nSPS) is 11.8. The van der Waals surface area contributed by atoms with Crippen LogP contribution in [0.1, 0.15) is 32.4 Å². The molecule has 1 atom stereocenters. The van der Waals surface area contributed by atoms with Crippen LogP contribution in [0.2, 0.25) is 0 Å². The first-order valence-electron chi connectivity index (χ1n) is 5.64. The van der Waals surface area contributed by atoms with Crippen LogP contribution in [0.25, 0.3) is 0 Å². The molecule has 5 heteroatoms. The van der Waals surface area contributed by atoms with Crippen molar-refractivity contribution in [1.82, 2.24) is 0 Å². The van der Waals surface area contributed by atoms with Crippen LogP contribution in [-0.2, 0) is 0 Å². The number of hydrogen-bond donors (Lipinski definition) is 1. The van der Waals surface area contributed by atoms with Gasteiger partial charge in [0.25, 0.3) is 5.69 Å². The average Bonchev–Trinajstić information content (AvgIpc) is 2.28. The molecule has 0 fully saturated rings. The summed E-state index contributed by atoms with van der Waals surface area (Å²) in [7, 11) is 0. The van der Waals surface area contributed by atoms with Gasteiger partial charge in [0.15, 0.2) is 0 Å². The summed E-state index contributed by atoms with van der Waals surface area (Å²) >= 11 is 0. The summed E-state index contributed by atoms with van der Waals surface area (Å²) in [6, 6.07) is 4.21. The van der Waals surface area contributed by atoms with Crippen LogP contribution in [0, 0.1) is 10.1 Å². The molecule has 0 unspecified atom stereocenters. The number of hydrogen-bond acceptors (Lipinski definition) is 4. The van der Waals surface area contributed by atoms with Gasteiger partial charge in [-0.05, 0) is 32.9 Å². The van der Waals surface area contributed by atoms with E-state index in [2.05, 4.69) is 0 Å². The zero-order valence-electron chi connectivity index (χ0n) is 10.7. The third kappa shape index (κ3) is 3.85. The van der Waals surface area contributed by atoms with Crippen LogP contribution in [0.3, 0.4) is 0 Å². The summed E-state index contributed by atoms with van der Waals surface area (Å²) < 4.78 is 5.49. The molecule has 5 nitrogen and oxygen atoms in total. The summed E-state index contributed by atoms with van der Waals surface area (Å²) in [6.07, 6.45) is 1.08. The lowest BCUT2D eigenvalue weighted by atomic mass is 10.1. The molecule has 0 aliphatic carbocycles. The van der Waals surface area contributed by atoms with E-state index in [9.17, 15) is 15.2 Å². The Kier molecular flexibility index (Phi) is 4.85. The minimum atomic E-state index is -0.813. The van der Waals surface area contributed by atoms with E-state index in [0.717, 1.165) is 5.57 Å². The number of allylic oxidation sites excluding steroid dienone is 1. The fourth-order valence-electron chi connectivity index (χ4n) is 1.41. The maximum atomic E-state index is 10.7. The summed E-state index contributed by atoms with van der Waals surface area (Å²) in [6.45, 7) is 5.83. The first-order valence-corrected chi connectivity index (χ1v) is 5.64. The van der Waals surface area contributed by atoms with Crippen molar-refractivity contribution in [2.75, 3.05) is 6.61 Å². The lowest BCUT2D eigenvalue weighted by molar-refractivity contribution is -0.385. The van der Waals surface area contributed by atoms with E-state index in [1.165, 1.54) is 18.2 Å². The van der Waals surface area contributed by atoms with E-state index in [0.29, 0.717) is 17.9 Å².